The van der Waals surface area contributed by atoms with Crippen LogP contribution in [0.25, 0.3) is 0 Å². The van der Waals surface area contributed by atoms with Crippen molar-refractivity contribution < 1.29 is 5.11 Å². The third-order valence-electron chi connectivity index (χ3n) is 2.72. The molecule has 0 fully saturated rings. The molecule has 86 valence electrons. The van der Waals surface area contributed by atoms with E-state index in [1.807, 2.05) is 23.9 Å². The molecule has 0 saturated heterocycles. The number of rotatable bonds is 4. The highest BCUT2D eigenvalue weighted by Crippen LogP contribution is 2.16. The smallest absolute Gasteiger partial charge is 0.111 e. The number of imidazole rings is 1. The molecule has 2 rings (SSSR count). The van der Waals surface area contributed by atoms with Crippen LogP contribution in [0, 0.1) is 0 Å². The second-order valence-corrected chi connectivity index (χ2v) is 3.73. The van der Waals surface area contributed by atoms with E-state index in [4.69, 9.17) is 0 Å². The molecule has 1 atom stereocenters. The van der Waals surface area contributed by atoms with Crippen molar-refractivity contribution in [1.29, 1.82) is 0 Å². The highest BCUT2D eigenvalue weighted by atomic mass is 16.3. The van der Waals surface area contributed by atoms with Gasteiger partial charge in [-0.2, -0.15) is 5.10 Å². The summed E-state index contributed by atoms with van der Waals surface area (Å²) in [4.78, 5) is 4.24. The van der Waals surface area contributed by atoms with Gasteiger partial charge in [0.05, 0.1) is 5.69 Å². The number of nitrogens with zero attached hydrogens (tertiary/aromatic N) is 4. The number of aryl methyl sites for hydroxylation is 2. The van der Waals surface area contributed by atoms with E-state index in [2.05, 4.69) is 17.0 Å². The van der Waals surface area contributed by atoms with E-state index in [0.29, 0.717) is 6.42 Å². The molecule has 0 amide bonds. The Morgan fingerprint density at radius 2 is 2.25 bits per heavy atom. The Bertz CT molecular complexity index is 460. The largest absolute Gasteiger partial charge is 0.386 e. The summed E-state index contributed by atoms with van der Waals surface area (Å²) in [7, 11) is 1.82. The minimum Gasteiger partial charge on any atom is -0.386 e. The molecule has 1 N–H and O–H groups in total. The van der Waals surface area contributed by atoms with Crippen LogP contribution in [0.3, 0.4) is 0 Å². The molecule has 2 aromatic rings. The van der Waals surface area contributed by atoms with Gasteiger partial charge >= 0.3 is 0 Å². The Morgan fingerprint density at radius 3 is 2.88 bits per heavy atom. The molecule has 0 bridgehead atoms. The zero-order valence-electron chi connectivity index (χ0n) is 9.54. The molecule has 5 heteroatoms. The Morgan fingerprint density at radius 1 is 1.44 bits per heavy atom. The number of aliphatic hydroxyl groups excluding tert-OH is 1. The van der Waals surface area contributed by atoms with Gasteiger partial charge in [-0.25, -0.2) is 4.98 Å². The lowest BCUT2D eigenvalue weighted by Gasteiger charge is -2.11. The summed E-state index contributed by atoms with van der Waals surface area (Å²) in [6.45, 7) is 2.93. The molecule has 0 aliphatic rings. The molecular formula is C11H16N4O. The van der Waals surface area contributed by atoms with Gasteiger partial charge in [-0.3, -0.25) is 4.68 Å². The third kappa shape index (κ3) is 1.99. The molecule has 0 aliphatic heterocycles. The van der Waals surface area contributed by atoms with Gasteiger partial charge in [-0.15, -0.1) is 0 Å². The van der Waals surface area contributed by atoms with Gasteiger partial charge in [0.25, 0.3) is 0 Å². The van der Waals surface area contributed by atoms with Gasteiger partial charge in [0, 0.05) is 38.6 Å². The zero-order valence-corrected chi connectivity index (χ0v) is 9.54. The van der Waals surface area contributed by atoms with E-state index >= 15 is 0 Å². The van der Waals surface area contributed by atoms with E-state index in [0.717, 1.165) is 18.1 Å². The minimum atomic E-state index is -0.555. The highest BCUT2D eigenvalue weighted by Gasteiger charge is 2.14. The van der Waals surface area contributed by atoms with Crippen molar-refractivity contribution in [2.24, 2.45) is 7.05 Å². The second kappa shape index (κ2) is 4.49. The molecule has 2 heterocycles. The molecule has 1 unspecified atom stereocenters. The fourth-order valence-electron chi connectivity index (χ4n) is 1.81. The first-order valence-corrected chi connectivity index (χ1v) is 5.38. The topological polar surface area (TPSA) is 55.9 Å². The molecular weight excluding hydrogens is 204 g/mol. The van der Waals surface area contributed by atoms with E-state index < -0.39 is 6.10 Å². The highest BCUT2D eigenvalue weighted by molar-refractivity contribution is 5.07. The SMILES string of the molecule is CCn1ccnc1CC(O)c1ccnn1C. The van der Waals surface area contributed by atoms with Crippen LogP contribution in [0.15, 0.2) is 24.7 Å². The predicted molar refractivity (Wildman–Crippen MR) is 59.8 cm³/mol. The van der Waals surface area contributed by atoms with E-state index in [9.17, 15) is 5.11 Å². The van der Waals surface area contributed by atoms with Crippen molar-refractivity contribution in [3.8, 4) is 0 Å². The summed E-state index contributed by atoms with van der Waals surface area (Å²) >= 11 is 0. The van der Waals surface area contributed by atoms with Crippen molar-refractivity contribution in [1.82, 2.24) is 19.3 Å². The average molecular weight is 220 g/mol. The summed E-state index contributed by atoms with van der Waals surface area (Å²) in [6, 6.07) is 1.82. The van der Waals surface area contributed by atoms with Gasteiger partial charge in [-0.05, 0) is 13.0 Å². The Hall–Kier alpha value is -1.62. The van der Waals surface area contributed by atoms with Crippen LogP contribution in [-0.2, 0) is 20.0 Å². The minimum absolute atomic E-state index is 0.514. The number of aromatic nitrogens is 4. The fraction of sp³-hybridized carbons (Fsp3) is 0.455. The summed E-state index contributed by atoms with van der Waals surface area (Å²) < 4.78 is 3.71. The van der Waals surface area contributed by atoms with Gasteiger partial charge < -0.3 is 9.67 Å². The first kappa shape index (κ1) is 10.9. The van der Waals surface area contributed by atoms with Gasteiger partial charge in [0.1, 0.15) is 11.9 Å². The van der Waals surface area contributed by atoms with Crippen molar-refractivity contribution in [2.45, 2.75) is 26.0 Å². The lowest BCUT2D eigenvalue weighted by atomic mass is 10.2. The molecule has 16 heavy (non-hydrogen) atoms. The third-order valence-corrected chi connectivity index (χ3v) is 2.72. The second-order valence-electron chi connectivity index (χ2n) is 3.73. The van der Waals surface area contributed by atoms with Gasteiger partial charge in [0.2, 0.25) is 0 Å². The van der Waals surface area contributed by atoms with Crippen molar-refractivity contribution in [3.05, 3.63) is 36.2 Å². The van der Waals surface area contributed by atoms with Crippen LogP contribution < -0.4 is 0 Å². The van der Waals surface area contributed by atoms with Crippen LogP contribution in [0.5, 0.6) is 0 Å². The van der Waals surface area contributed by atoms with E-state index in [-0.39, 0.29) is 0 Å². The van der Waals surface area contributed by atoms with Crippen LogP contribution in [0.2, 0.25) is 0 Å². The normalized spacial score (nSPS) is 12.9. The Kier molecular flexibility index (Phi) is 3.05. The van der Waals surface area contributed by atoms with Crippen LogP contribution in [-0.4, -0.2) is 24.4 Å². The average Bonchev–Trinajstić information content (AvgIpc) is 2.86. The van der Waals surface area contributed by atoms with E-state index in [1.165, 1.54) is 0 Å². The Labute approximate surface area is 94.4 Å². The fourth-order valence-corrected chi connectivity index (χ4v) is 1.81. The molecule has 0 radical (unpaired) electrons. The number of aliphatic hydroxyl groups is 1. The zero-order chi connectivity index (χ0) is 11.5. The Balaban J connectivity index is 2.13. The molecule has 0 aromatic carbocycles. The van der Waals surface area contributed by atoms with Crippen LogP contribution in [0.4, 0.5) is 0 Å². The first-order chi connectivity index (χ1) is 7.72. The van der Waals surface area contributed by atoms with Crippen LogP contribution in [0.1, 0.15) is 24.5 Å². The van der Waals surface area contributed by atoms with Crippen molar-refractivity contribution >= 4 is 0 Å². The maximum Gasteiger partial charge on any atom is 0.111 e. The molecule has 0 saturated carbocycles. The number of hydrogen-bond donors (Lipinski definition) is 1. The standard InChI is InChI=1S/C11H16N4O/c1-3-15-7-6-12-11(15)8-10(16)9-4-5-13-14(9)2/h4-7,10,16H,3,8H2,1-2H3. The van der Waals surface area contributed by atoms with Crippen molar-refractivity contribution in [3.63, 3.8) is 0 Å². The van der Waals surface area contributed by atoms with Gasteiger partial charge in [-0.1, -0.05) is 0 Å². The van der Waals surface area contributed by atoms with Gasteiger partial charge in [0.15, 0.2) is 0 Å². The lowest BCUT2D eigenvalue weighted by Crippen LogP contribution is -2.11. The predicted octanol–water partition coefficient (Wildman–Crippen LogP) is 0.913. The molecule has 0 spiro atoms. The molecule has 2 aromatic heterocycles. The monoisotopic (exact) mass is 220 g/mol. The summed E-state index contributed by atoms with van der Waals surface area (Å²) in [6.07, 6.45) is 5.32. The first-order valence-electron chi connectivity index (χ1n) is 5.38. The summed E-state index contributed by atoms with van der Waals surface area (Å²) in [5.74, 6) is 0.899. The number of hydrogen-bond acceptors (Lipinski definition) is 3. The molecule has 0 aliphatic carbocycles. The van der Waals surface area contributed by atoms with E-state index in [1.54, 1.807) is 17.1 Å². The quantitative estimate of drug-likeness (QED) is 0.833. The lowest BCUT2D eigenvalue weighted by molar-refractivity contribution is 0.165. The maximum atomic E-state index is 10.1. The molecule has 5 nitrogen and oxygen atoms in total. The summed E-state index contributed by atoms with van der Waals surface area (Å²) in [5, 5.41) is 14.1. The summed E-state index contributed by atoms with van der Waals surface area (Å²) in [5.41, 5.74) is 0.811. The van der Waals surface area contributed by atoms with Crippen molar-refractivity contribution in [2.75, 3.05) is 0 Å². The van der Waals surface area contributed by atoms with Crippen LogP contribution >= 0.6 is 0 Å². The maximum absolute atomic E-state index is 10.1.